The van der Waals surface area contributed by atoms with Crippen molar-refractivity contribution >= 4 is 11.6 Å². The molecule has 1 fully saturated rings. The van der Waals surface area contributed by atoms with Gasteiger partial charge in [-0.1, -0.05) is 6.07 Å². The lowest BCUT2D eigenvalue weighted by Gasteiger charge is -2.22. The largest absolute Gasteiger partial charge is 0.293 e. The van der Waals surface area contributed by atoms with Gasteiger partial charge in [0.2, 0.25) is 0 Å². The molecule has 3 heteroatoms. The van der Waals surface area contributed by atoms with Crippen molar-refractivity contribution in [1.82, 2.24) is 9.88 Å². The maximum atomic E-state index is 5.95. The lowest BCUT2D eigenvalue weighted by Crippen LogP contribution is -2.30. The van der Waals surface area contributed by atoms with E-state index in [1.165, 1.54) is 24.1 Å². The van der Waals surface area contributed by atoms with Crippen LogP contribution >= 0.6 is 11.6 Å². The highest BCUT2D eigenvalue weighted by molar-refractivity contribution is 6.18. The minimum atomic E-state index is 0.549. The highest BCUT2D eigenvalue weighted by Crippen LogP contribution is 2.21. The van der Waals surface area contributed by atoms with Gasteiger partial charge in [-0.25, -0.2) is 0 Å². The predicted molar refractivity (Wildman–Crippen MR) is 63.1 cm³/mol. The van der Waals surface area contributed by atoms with Gasteiger partial charge in [-0.2, -0.15) is 0 Å². The number of alkyl halides is 1. The van der Waals surface area contributed by atoms with E-state index in [0.29, 0.717) is 6.04 Å². The van der Waals surface area contributed by atoms with E-state index in [1.807, 2.05) is 12.3 Å². The van der Waals surface area contributed by atoms with Crippen molar-refractivity contribution in [3.05, 3.63) is 29.6 Å². The molecule has 1 aliphatic rings. The first kappa shape index (κ1) is 10.9. The number of aryl methyl sites for hydroxylation is 1. The second-order valence-corrected chi connectivity index (χ2v) is 4.50. The van der Waals surface area contributed by atoms with Gasteiger partial charge < -0.3 is 0 Å². The Morgan fingerprint density at radius 3 is 3.20 bits per heavy atom. The van der Waals surface area contributed by atoms with Crippen LogP contribution in [0.2, 0.25) is 0 Å². The van der Waals surface area contributed by atoms with E-state index < -0.39 is 0 Å². The quantitative estimate of drug-likeness (QED) is 0.734. The van der Waals surface area contributed by atoms with Crippen LogP contribution in [0, 0.1) is 6.92 Å². The van der Waals surface area contributed by atoms with Crippen molar-refractivity contribution in [2.24, 2.45) is 0 Å². The zero-order chi connectivity index (χ0) is 10.7. The number of hydrogen-bond donors (Lipinski definition) is 0. The monoisotopic (exact) mass is 224 g/mol. The minimum Gasteiger partial charge on any atom is -0.293 e. The summed E-state index contributed by atoms with van der Waals surface area (Å²) in [6.07, 6.45) is 4.37. The second-order valence-electron chi connectivity index (χ2n) is 4.19. The van der Waals surface area contributed by atoms with Crippen LogP contribution in [-0.2, 0) is 6.54 Å². The third-order valence-electron chi connectivity index (χ3n) is 3.15. The Morgan fingerprint density at radius 2 is 2.47 bits per heavy atom. The Bertz CT molecular complexity index is 327. The van der Waals surface area contributed by atoms with Crippen molar-refractivity contribution < 1.29 is 0 Å². The molecule has 1 saturated heterocycles. The van der Waals surface area contributed by atoms with Crippen LogP contribution in [-0.4, -0.2) is 28.4 Å². The lowest BCUT2D eigenvalue weighted by atomic mass is 10.2. The van der Waals surface area contributed by atoms with Crippen molar-refractivity contribution in [2.75, 3.05) is 12.4 Å². The summed E-state index contributed by atoms with van der Waals surface area (Å²) in [5.41, 5.74) is 2.47. The summed E-state index contributed by atoms with van der Waals surface area (Å²) in [7, 11) is 0. The fraction of sp³-hybridized carbons (Fsp3) is 0.583. The third-order valence-corrected chi connectivity index (χ3v) is 3.50. The van der Waals surface area contributed by atoms with Crippen LogP contribution in [0.3, 0.4) is 0 Å². The topological polar surface area (TPSA) is 16.1 Å². The average molecular weight is 225 g/mol. The summed E-state index contributed by atoms with van der Waals surface area (Å²) in [4.78, 5) is 6.87. The van der Waals surface area contributed by atoms with Crippen LogP contribution < -0.4 is 0 Å². The van der Waals surface area contributed by atoms with Gasteiger partial charge in [-0.15, -0.1) is 11.6 Å². The predicted octanol–water partition coefficient (Wildman–Crippen LogP) is 2.59. The molecule has 0 aromatic carbocycles. The van der Waals surface area contributed by atoms with Crippen molar-refractivity contribution in [2.45, 2.75) is 32.4 Å². The fourth-order valence-electron chi connectivity index (χ4n) is 2.15. The maximum absolute atomic E-state index is 5.95. The Morgan fingerprint density at radius 1 is 1.60 bits per heavy atom. The Labute approximate surface area is 96.3 Å². The molecule has 0 aliphatic carbocycles. The normalized spacial score (nSPS) is 22.1. The van der Waals surface area contributed by atoms with Crippen LogP contribution in [0.25, 0.3) is 0 Å². The summed E-state index contributed by atoms with van der Waals surface area (Å²) in [6.45, 7) is 4.23. The van der Waals surface area contributed by atoms with E-state index in [9.17, 15) is 0 Å². The van der Waals surface area contributed by atoms with Gasteiger partial charge in [0.15, 0.2) is 0 Å². The first-order valence-corrected chi connectivity index (χ1v) is 6.05. The summed E-state index contributed by atoms with van der Waals surface area (Å²) < 4.78 is 0. The maximum Gasteiger partial charge on any atom is 0.0573 e. The zero-order valence-electron chi connectivity index (χ0n) is 9.12. The van der Waals surface area contributed by atoms with Gasteiger partial charge in [-0.05, 0) is 37.9 Å². The molecule has 2 heterocycles. The number of likely N-dealkylation sites (tertiary alicyclic amines) is 1. The first-order valence-electron chi connectivity index (χ1n) is 5.52. The molecule has 2 nitrogen and oxygen atoms in total. The molecular formula is C12H17ClN2. The smallest absolute Gasteiger partial charge is 0.0573 e. The summed E-state index contributed by atoms with van der Waals surface area (Å²) >= 11 is 5.95. The van der Waals surface area contributed by atoms with Gasteiger partial charge in [0.05, 0.1) is 5.69 Å². The van der Waals surface area contributed by atoms with Crippen molar-refractivity contribution in [3.8, 4) is 0 Å². The minimum absolute atomic E-state index is 0.549. The van der Waals surface area contributed by atoms with Crippen LogP contribution in [0.1, 0.15) is 24.1 Å². The average Bonchev–Trinajstić information content (AvgIpc) is 2.69. The van der Waals surface area contributed by atoms with E-state index in [1.54, 1.807) is 0 Å². The summed E-state index contributed by atoms with van der Waals surface area (Å²) in [5, 5.41) is 0. The van der Waals surface area contributed by atoms with E-state index in [0.717, 1.165) is 19.0 Å². The molecule has 0 amide bonds. The number of rotatable bonds is 3. The molecule has 1 aliphatic heterocycles. The fourth-order valence-corrected chi connectivity index (χ4v) is 2.50. The van der Waals surface area contributed by atoms with Crippen LogP contribution in [0.4, 0.5) is 0 Å². The lowest BCUT2D eigenvalue weighted by molar-refractivity contribution is 0.259. The molecule has 0 bridgehead atoms. The van der Waals surface area contributed by atoms with E-state index in [-0.39, 0.29) is 0 Å². The summed E-state index contributed by atoms with van der Waals surface area (Å²) in [6, 6.07) is 4.66. The Hall–Kier alpha value is -0.600. The highest BCUT2D eigenvalue weighted by Gasteiger charge is 2.23. The molecule has 0 radical (unpaired) electrons. The molecule has 82 valence electrons. The number of pyridine rings is 1. The number of aromatic nitrogens is 1. The van der Waals surface area contributed by atoms with Gasteiger partial charge >= 0.3 is 0 Å². The van der Waals surface area contributed by atoms with E-state index in [4.69, 9.17) is 11.6 Å². The van der Waals surface area contributed by atoms with E-state index >= 15 is 0 Å². The van der Waals surface area contributed by atoms with Crippen molar-refractivity contribution in [3.63, 3.8) is 0 Å². The Balaban J connectivity index is 2.05. The Kier molecular flexibility index (Phi) is 3.60. The molecule has 1 aromatic heterocycles. The van der Waals surface area contributed by atoms with Gasteiger partial charge in [0.25, 0.3) is 0 Å². The van der Waals surface area contributed by atoms with Crippen LogP contribution in [0.15, 0.2) is 18.3 Å². The van der Waals surface area contributed by atoms with Gasteiger partial charge in [0.1, 0.15) is 0 Å². The third kappa shape index (κ3) is 2.50. The van der Waals surface area contributed by atoms with Crippen molar-refractivity contribution in [1.29, 1.82) is 0 Å². The molecule has 1 unspecified atom stereocenters. The number of nitrogens with zero attached hydrogens (tertiary/aromatic N) is 2. The van der Waals surface area contributed by atoms with Gasteiger partial charge in [0, 0.05) is 24.7 Å². The summed E-state index contributed by atoms with van der Waals surface area (Å²) in [5.74, 6) is 0.742. The van der Waals surface area contributed by atoms with Gasteiger partial charge in [-0.3, -0.25) is 9.88 Å². The standard InChI is InChI=1S/C12H17ClN2/c1-10-4-2-6-14-12(10)9-15-7-3-5-11(15)8-13/h2,4,6,11H,3,5,7-9H2,1H3. The SMILES string of the molecule is Cc1cccnc1CN1CCCC1CCl. The zero-order valence-corrected chi connectivity index (χ0v) is 9.87. The molecule has 0 spiro atoms. The molecular weight excluding hydrogens is 208 g/mol. The molecule has 1 atom stereocenters. The molecule has 1 aromatic rings. The highest BCUT2D eigenvalue weighted by atomic mass is 35.5. The van der Waals surface area contributed by atoms with Crippen LogP contribution in [0.5, 0.6) is 0 Å². The number of hydrogen-bond acceptors (Lipinski definition) is 2. The second kappa shape index (κ2) is 4.95. The molecule has 2 rings (SSSR count). The molecule has 0 N–H and O–H groups in total. The molecule has 0 saturated carbocycles. The number of halogens is 1. The molecule has 15 heavy (non-hydrogen) atoms. The first-order chi connectivity index (χ1) is 7.31. The van der Waals surface area contributed by atoms with E-state index in [2.05, 4.69) is 22.9 Å².